The summed E-state index contributed by atoms with van der Waals surface area (Å²) >= 11 is 0. The van der Waals surface area contributed by atoms with E-state index in [0.717, 1.165) is 30.4 Å². The van der Waals surface area contributed by atoms with Crippen LogP contribution in [-0.2, 0) is 16.4 Å². The van der Waals surface area contributed by atoms with Crippen LogP contribution in [0.5, 0.6) is 5.75 Å². The van der Waals surface area contributed by atoms with Gasteiger partial charge in [0.1, 0.15) is 5.75 Å². The highest BCUT2D eigenvalue weighted by Gasteiger charge is 2.13. The van der Waals surface area contributed by atoms with E-state index >= 15 is 0 Å². The number of aryl methyl sites for hydroxylation is 1. The second-order valence-corrected chi connectivity index (χ2v) is 8.00. The number of carbonyl (C=O) groups excluding carboxylic acids is 1. The largest absolute Gasteiger partial charge is 0.494 e. The summed E-state index contributed by atoms with van der Waals surface area (Å²) in [4.78, 5) is 12.5. The van der Waals surface area contributed by atoms with E-state index in [1.807, 2.05) is 31.2 Å². The maximum Gasteiger partial charge on any atom is 0.251 e. The fraction of sp³-hybridized carbons (Fsp3) is 0.350. The first-order valence-electron chi connectivity index (χ1n) is 8.88. The Morgan fingerprint density at radius 2 is 1.85 bits per heavy atom. The summed E-state index contributed by atoms with van der Waals surface area (Å²) in [6.07, 6.45) is 2.65. The Hall–Kier alpha value is -2.54. The van der Waals surface area contributed by atoms with E-state index in [4.69, 9.17) is 4.74 Å². The monoisotopic (exact) mass is 390 g/mol. The zero-order valence-electron chi connectivity index (χ0n) is 15.9. The summed E-state index contributed by atoms with van der Waals surface area (Å²) in [6.45, 7) is 4.81. The number of hydrogen-bond donors (Lipinski definition) is 2. The molecule has 0 radical (unpaired) electrons. The van der Waals surface area contributed by atoms with Gasteiger partial charge in [0.25, 0.3) is 5.91 Å². The molecule has 2 N–H and O–H groups in total. The van der Waals surface area contributed by atoms with E-state index in [9.17, 15) is 13.2 Å². The number of anilines is 1. The molecule has 0 bridgehead atoms. The molecule has 0 saturated heterocycles. The molecule has 7 heteroatoms. The van der Waals surface area contributed by atoms with Gasteiger partial charge in [0.15, 0.2) is 0 Å². The Morgan fingerprint density at radius 3 is 2.56 bits per heavy atom. The number of para-hydroxylation sites is 1. The minimum Gasteiger partial charge on any atom is -0.494 e. The van der Waals surface area contributed by atoms with Crippen molar-refractivity contribution in [2.24, 2.45) is 0 Å². The van der Waals surface area contributed by atoms with E-state index in [2.05, 4.69) is 10.0 Å². The van der Waals surface area contributed by atoms with Crippen LogP contribution in [0.2, 0.25) is 0 Å². The first-order valence-corrected chi connectivity index (χ1v) is 10.8. The van der Waals surface area contributed by atoms with Crippen molar-refractivity contribution < 1.29 is 17.9 Å². The predicted octanol–water partition coefficient (Wildman–Crippen LogP) is 3.13. The Labute approximate surface area is 161 Å². The van der Waals surface area contributed by atoms with Crippen molar-refractivity contribution in [3.8, 4) is 5.75 Å². The van der Waals surface area contributed by atoms with Crippen LogP contribution in [0.15, 0.2) is 42.5 Å². The highest BCUT2D eigenvalue weighted by atomic mass is 32.2. The number of benzene rings is 2. The molecule has 0 fully saturated rings. The fourth-order valence-electron chi connectivity index (χ4n) is 2.77. The van der Waals surface area contributed by atoms with E-state index in [1.165, 1.54) is 0 Å². The molecule has 0 atom stereocenters. The van der Waals surface area contributed by atoms with E-state index < -0.39 is 10.0 Å². The first kappa shape index (κ1) is 20.8. The third-order valence-corrected chi connectivity index (χ3v) is 4.65. The van der Waals surface area contributed by atoms with Gasteiger partial charge in [0.05, 0.1) is 18.6 Å². The van der Waals surface area contributed by atoms with Crippen LogP contribution in [0.4, 0.5) is 5.69 Å². The molecule has 0 aliphatic heterocycles. The standard InChI is InChI=1S/C20H26N2O4S/c1-4-26-19-13-6-5-9-16(19)10-8-14-21-20(23)17-11-7-12-18(15(17)2)22-27(3,24)25/h5-7,9,11-13,22H,4,8,10,14H2,1-3H3,(H,21,23). The molecule has 2 aromatic carbocycles. The quantitative estimate of drug-likeness (QED) is 0.644. The summed E-state index contributed by atoms with van der Waals surface area (Å²) in [7, 11) is -3.40. The van der Waals surface area contributed by atoms with Gasteiger partial charge in [-0.05, 0) is 56.0 Å². The first-order chi connectivity index (χ1) is 12.8. The van der Waals surface area contributed by atoms with Crippen LogP contribution in [0.25, 0.3) is 0 Å². The summed E-state index contributed by atoms with van der Waals surface area (Å²) < 4.78 is 30.9. The zero-order chi connectivity index (χ0) is 19.9. The van der Waals surface area contributed by atoms with Crippen LogP contribution in [0, 0.1) is 6.92 Å². The average molecular weight is 391 g/mol. The van der Waals surface area contributed by atoms with Crippen molar-refractivity contribution in [1.29, 1.82) is 0 Å². The molecule has 27 heavy (non-hydrogen) atoms. The molecule has 2 aromatic rings. The van der Waals surface area contributed by atoms with Crippen LogP contribution in [0.3, 0.4) is 0 Å². The Morgan fingerprint density at radius 1 is 1.11 bits per heavy atom. The normalized spacial score (nSPS) is 11.1. The maximum absolute atomic E-state index is 12.5. The summed E-state index contributed by atoms with van der Waals surface area (Å²) in [5, 5.41) is 2.89. The van der Waals surface area contributed by atoms with E-state index in [1.54, 1.807) is 25.1 Å². The smallest absolute Gasteiger partial charge is 0.251 e. The number of rotatable bonds is 9. The van der Waals surface area contributed by atoms with Gasteiger partial charge < -0.3 is 10.1 Å². The van der Waals surface area contributed by atoms with Crippen LogP contribution in [0.1, 0.15) is 34.8 Å². The van der Waals surface area contributed by atoms with Crippen LogP contribution < -0.4 is 14.8 Å². The van der Waals surface area contributed by atoms with Gasteiger partial charge >= 0.3 is 0 Å². The Bertz CT molecular complexity index is 895. The number of amides is 1. The highest BCUT2D eigenvalue weighted by Crippen LogP contribution is 2.21. The summed E-state index contributed by atoms with van der Waals surface area (Å²) in [5.74, 6) is 0.657. The SMILES string of the molecule is CCOc1ccccc1CCCNC(=O)c1cccc(NS(C)(=O)=O)c1C. The number of ether oxygens (including phenoxy) is 1. The minimum absolute atomic E-state index is 0.220. The molecule has 2 rings (SSSR count). The average Bonchev–Trinajstić information content (AvgIpc) is 2.61. The van der Waals surface area contributed by atoms with Crippen LogP contribution >= 0.6 is 0 Å². The molecule has 0 aliphatic carbocycles. The number of sulfonamides is 1. The number of hydrogen-bond acceptors (Lipinski definition) is 4. The molecule has 0 saturated carbocycles. The van der Waals surface area contributed by atoms with Crippen molar-refractivity contribution in [2.45, 2.75) is 26.7 Å². The third-order valence-electron chi connectivity index (χ3n) is 4.05. The topological polar surface area (TPSA) is 84.5 Å². The highest BCUT2D eigenvalue weighted by molar-refractivity contribution is 7.92. The lowest BCUT2D eigenvalue weighted by Crippen LogP contribution is -2.26. The second-order valence-electron chi connectivity index (χ2n) is 6.25. The minimum atomic E-state index is -3.40. The Kier molecular flexibility index (Phi) is 7.24. The molecule has 0 aromatic heterocycles. The lowest BCUT2D eigenvalue weighted by molar-refractivity contribution is 0.0952. The maximum atomic E-state index is 12.5. The lowest BCUT2D eigenvalue weighted by atomic mass is 10.1. The van der Waals surface area contributed by atoms with Gasteiger partial charge in [0, 0.05) is 12.1 Å². The van der Waals surface area contributed by atoms with Gasteiger partial charge in [-0.25, -0.2) is 8.42 Å². The van der Waals surface area contributed by atoms with Crippen molar-refractivity contribution >= 4 is 21.6 Å². The third kappa shape index (κ3) is 6.29. The summed E-state index contributed by atoms with van der Waals surface area (Å²) in [6, 6.07) is 12.9. The van der Waals surface area contributed by atoms with Gasteiger partial charge in [-0.2, -0.15) is 0 Å². The second kappa shape index (κ2) is 9.41. The molecule has 146 valence electrons. The van der Waals surface area contributed by atoms with Gasteiger partial charge in [-0.1, -0.05) is 24.3 Å². The molecule has 6 nitrogen and oxygen atoms in total. The van der Waals surface area contributed by atoms with Gasteiger partial charge in [-0.15, -0.1) is 0 Å². The lowest BCUT2D eigenvalue weighted by Gasteiger charge is -2.13. The van der Waals surface area contributed by atoms with Crippen molar-refractivity contribution in [3.63, 3.8) is 0 Å². The van der Waals surface area contributed by atoms with Gasteiger partial charge in [-0.3, -0.25) is 9.52 Å². The number of nitrogens with one attached hydrogen (secondary N) is 2. The Balaban J connectivity index is 1.94. The van der Waals surface area contributed by atoms with E-state index in [0.29, 0.717) is 30.0 Å². The molecule has 1 amide bonds. The van der Waals surface area contributed by atoms with Crippen LogP contribution in [-0.4, -0.2) is 33.7 Å². The van der Waals surface area contributed by atoms with Gasteiger partial charge in [0.2, 0.25) is 10.0 Å². The molecular formula is C20H26N2O4S. The molecular weight excluding hydrogens is 364 g/mol. The predicted molar refractivity (Wildman–Crippen MR) is 108 cm³/mol. The molecule has 0 heterocycles. The molecule has 0 aliphatic rings. The fourth-order valence-corrected chi connectivity index (χ4v) is 3.40. The summed E-state index contributed by atoms with van der Waals surface area (Å²) in [5.41, 5.74) is 2.58. The number of carbonyl (C=O) groups is 1. The van der Waals surface area contributed by atoms with E-state index in [-0.39, 0.29) is 5.91 Å². The molecule has 0 unspecified atom stereocenters. The van der Waals surface area contributed by atoms with Crippen molar-refractivity contribution in [2.75, 3.05) is 24.1 Å². The van der Waals surface area contributed by atoms with Crippen molar-refractivity contribution in [3.05, 3.63) is 59.2 Å². The van der Waals surface area contributed by atoms with Crippen molar-refractivity contribution in [1.82, 2.24) is 5.32 Å². The molecule has 0 spiro atoms. The zero-order valence-corrected chi connectivity index (χ0v) is 16.7.